The quantitative estimate of drug-likeness (QED) is 0.814. The van der Waals surface area contributed by atoms with Gasteiger partial charge in [0, 0.05) is 32.8 Å². The Morgan fingerprint density at radius 1 is 1.47 bits per heavy atom. The highest BCUT2D eigenvalue weighted by atomic mass is 16.5. The van der Waals surface area contributed by atoms with Gasteiger partial charge in [-0.05, 0) is 19.8 Å². The maximum atomic E-state index is 5.10. The number of ether oxygens (including phenoxy) is 1. The molecule has 1 aliphatic carbocycles. The Balaban J connectivity index is 2.22. The summed E-state index contributed by atoms with van der Waals surface area (Å²) in [5.41, 5.74) is 0. The molecule has 0 saturated heterocycles. The molecule has 0 unspecified atom stereocenters. The van der Waals surface area contributed by atoms with Crippen LogP contribution in [0.5, 0.6) is 0 Å². The van der Waals surface area contributed by atoms with Crippen LogP contribution in [0, 0.1) is 0 Å². The molecule has 17 heavy (non-hydrogen) atoms. The van der Waals surface area contributed by atoms with Crippen molar-refractivity contribution in [2.24, 2.45) is 0 Å². The van der Waals surface area contributed by atoms with Gasteiger partial charge in [-0.1, -0.05) is 0 Å². The van der Waals surface area contributed by atoms with Crippen molar-refractivity contribution in [1.82, 2.24) is 9.97 Å². The number of aromatic nitrogens is 2. The Bertz CT molecular complexity index is 355. The smallest absolute Gasteiger partial charge is 0.158 e. The van der Waals surface area contributed by atoms with Crippen molar-refractivity contribution in [1.29, 1.82) is 0 Å². The fraction of sp³-hybridized carbons (Fsp3) is 0.667. The molecule has 0 aromatic carbocycles. The van der Waals surface area contributed by atoms with E-state index in [0.717, 1.165) is 24.0 Å². The van der Waals surface area contributed by atoms with Gasteiger partial charge < -0.3 is 15.0 Å². The molecule has 5 nitrogen and oxygen atoms in total. The summed E-state index contributed by atoms with van der Waals surface area (Å²) in [4.78, 5) is 11.1. The normalized spacial score (nSPS) is 14.8. The van der Waals surface area contributed by atoms with E-state index in [4.69, 9.17) is 4.74 Å². The minimum absolute atomic E-state index is 0.449. The van der Waals surface area contributed by atoms with E-state index in [2.05, 4.69) is 34.2 Å². The molecule has 0 aliphatic heterocycles. The predicted octanol–water partition coefficient (Wildman–Crippen LogP) is 1.65. The Morgan fingerprint density at radius 3 is 2.82 bits per heavy atom. The van der Waals surface area contributed by atoms with E-state index in [9.17, 15) is 0 Å². The third kappa shape index (κ3) is 3.06. The Morgan fingerprint density at radius 2 is 2.24 bits per heavy atom. The summed E-state index contributed by atoms with van der Waals surface area (Å²) in [5, 5.41) is 3.23. The van der Waals surface area contributed by atoms with Crippen LogP contribution in [0.3, 0.4) is 0 Å². The standard InChI is InChI=1S/C12H20N4O/c1-4-13-10-7-12(16(2)9-5-6-9)15-11(14-10)8-17-3/h7,9H,4-6,8H2,1-3H3,(H,13,14,15). The van der Waals surface area contributed by atoms with Gasteiger partial charge in [0.25, 0.3) is 0 Å². The number of hydrogen-bond acceptors (Lipinski definition) is 5. The largest absolute Gasteiger partial charge is 0.377 e. The molecule has 1 N–H and O–H groups in total. The molecule has 1 aliphatic rings. The predicted molar refractivity (Wildman–Crippen MR) is 68.3 cm³/mol. The van der Waals surface area contributed by atoms with Crippen LogP contribution in [0.15, 0.2) is 6.07 Å². The van der Waals surface area contributed by atoms with E-state index in [0.29, 0.717) is 12.6 Å². The maximum absolute atomic E-state index is 5.10. The lowest BCUT2D eigenvalue weighted by Crippen LogP contribution is -2.22. The molecule has 94 valence electrons. The molecule has 0 spiro atoms. The number of nitrogens with one attached hydrogen (secondary N) is 1. The highest BCUT2D eigenvalue weighted by Crippen LogP contribution is 2.29. The fourth-order valence-electron chi connectivity index (χ4n) is 1.78. The molecule has 1 aromatic heterocycles. The van der Waals surface area contributed by atoms with Gasteiger partial charge >= 0.3 is 0 Å². The highest BCUT2D eigenvalue weighted by molar-refractivity contribution is 5.50. The molecule has 0 bridgehead atoms. The maximum Gasteiger partial charge on any atom is 0.158 e. The number of hydrogen-bond donors (Lipinski definition) is 1. The van der Waals surface area contributed by atoms with Crippen molar-refractivity contribution < 1.29 is 4.74 Å². The summed E-state index contributed by atoms with van der Waals surface area (Å²) < 4.78 is 5.10. The number of nitrogens with zero attached hydrogens (tertiary/aromatic N) is 3. The molecular formula is C12H20N4O. The molecule has 1 saturated carbocycles. The molecule has 0 radical (unpaired) electrons. The lowest BCUT2D eigenvalue weighted by Gasteiger charge is -2.19. The van der Waals surface area contributed by atoms with Gasteiger partial charge in [-0.2, -0.15) is 0 Å². The van der Waals surface area contributed by atoms with E-state index in [1.807, 2.05) is 6.07 Å². The molecule has 1 aromatic rings. The van der Waals surface area contributed by atoms with Gasteiger partial charge in [-0.3, -0.25) is 0 Å². The number of rotatable bonds is 6. The second kappa shape index (κ2) is 5.31. The van der Waals surface area contributed by atoms with Gasteiger partial charge in [0.05, 0.1) is 0 Å². The highest BCUT2D eigenvalue weighted by Gasteiger charge is 2.27. The first kappa shape index (κ1) is 12.1. The molecule has 0 atom stereocenters. The zero-order valence-electron chi connectivity index (χ0n) is 10.7. The minimum Gasteiger partial charge on any atom is -0.377 e. The Labute approximate surface area is 102 Å². The summed E-state index contributed by atoms with van der Waals surface area (Å²) in [6, 6.07) is 2.65. The van der Waals surface area contributed by atoms with E-state index < -0.39 is 0 Å². The van der Waals surface area contributed by atoms with Crippen LogP contribution < -0.4 is 10.2 Å². The fourth-order valence-corrected chi connectivity index (χ4v) is 1.78. The van der Waals surface area contributed by atoms with Crippen LogP contribution in [0.2, 0.25) is 0 Å². The first-order valence-corrected chi connectivity index (χ1v) is 6.08. The summed E-state index contributed by atoms with van der Waals surface area (Å²) in [5.74, 6) is 2.58. The van der Waals surface area contributed by atoms with Gasteiger partial charge in [-0.15, -0.1) is 0 Å². The van der Waals surface area contributed by atoms with Crippen molar-refractivity contribution in [3.8, 4) is 0 Å². The zero-order valence-corrected chi connectivity index (χ0v) is 10.7. The molecule has 5 heteroatoms. The number of anilines is 2. The monoisotopic (exact) mass is 236 g/mol. The summed E-state index contributed by atoms with van der Waals surface area (Å²) in [6.45, 7) is 3.36. The third-order valence-electron chi connectivity index (χ3n) is 2.85. The average molecular weight is 236 g/mol. The minimum atomic E-state index is 0.449. The number of methoxy groups -OCH3 is 1. The van der Waals surface area contributed by atoms with Gasteiger partial charge in [0.2, 0.25) is 0 Å². The lowest BCUT2D eigenvalue weighted by molar-refractivity contribution is 0.178. The van der Waals surface area contributed by atoms with Crippen LogP contribution in [-0.4, -0.2) is 36.7 Å². The second-order valence-electron chi connectivity index (χ2n) is 4.33. The molecule has 0 amide bonds. The second-order valence-corrected chi connectivity index (χ2v) is 4.33. The summed E-state index contributed by atoms with van der Waals surface area (Å²) in [7, 11) is 3.75. The Hall–Kier alpha value is -1.36. The van der Waals surface area contributed by atoms with Gasteiger partial charge in [0.15, 0.2) is 5.82 Å². The molecule has 2 rings (SSSR count). The van der Waals surface area contributed by atoms with Crippen LogP contribution in [0.4, 0.5) is 11.6 Å². The van der Waals surface area contributed by atoms with E-state index in [-0.39, 0.29) is 0 Å². The molecular weight excluding hydrogens is 216 g/mol. The SMILES string of the molecule is CCNc1cc(N(C)C2CC2)nc(COC)n1. The van der Waals surface area contributed by atoms with E-state index in [1.54, 1.807) is 7.11 Å². The first-order chi connectivity index (χ1) is 8.24. The molecule has 1 heterocycles. The van der Waals surface area contributed by atoms with Crippen molar-refractivity contribution in [2.75, 3.05) is 30.9 Å². The van der Waals surface area contributed by atoms with Crippen molar-refractivity contribution in [3.05, 3.63) is 11.9 Å². The van der Waals surface area contributed by atoms with E-state index in [1.165, 1.54) is 12.8 Å². The van der Waals surface area contributed by atoms with E-state index >= 15 is 0 Å². The van der Waals surface area contributed by atoms with Crippen LogP contribution >= 0.6 is 0 Å². The third-order valence-corrected chi connectivity index (χ3v) is 2.85. The first-order valence-electron chi connectivity index (χ1n) is 6.08. The van der Waals surface area contributed by atoms with Crippen LogP contribution in [-0.2, 0) is 11.3 Å². The average Bonchev–Trinajstić information content (AvgIpc) is 3.12. The topological polar surface area (TPSA) is 50.3 Å². The van der Waals surface area contributed by atoms with Crippen LogP contribution in [0.1, 0.15) is 25.6 Å². The summed E-state index contributed by atoms with van der Waals surface area (Å²) in [6.07, 6.45) is 2.52. The van der Waals surface area contributed by atoms with Crippen LogP contribution in [0.25, 0.3) is 0 Å². The van der Waals surface area contributed by atoms with Crippen molar-refractivity contribution >= 4 is 11.6 Å². The lowest BCUT2D eigenvalue weighted by atomic mass is 10.4. The Kier molecular flexibility index (Phi) is 3.78. The van der Waals surface area contributed by atoms with Crippen molar-refractivity contribution in [2.45, 2.75) is 32.4 Å². The zero-order chi connectivity index (χ0) is 12.3. The summed E-state index contributed by atoms with van der Waals surface area (Å²) >= 11 is 0. The van der Waals surface area contributed by atoms with Crippen molar-refractivity contribution in [3.63, 3.8) is 0 Å². The van der Waals surface area contributed by atoms with Gasteiger partial charge in [-0.25, -0.2) is 9.97 Å². The molecule has 1 fully saturated rings. The van der Waals surface area contributed by atoms with Gasteiger partial charge in [0.1, 0.15) is 18.2 Å².